The Morgan fingerprint density at radius 3 is 2.88 bits per heavy atom. The van der Waals surface area contributed by atoms with Crippen LogP contribution in [0.5, 0.6) is 0 Å². The Bertz CT molecular complexity index is 112. The van der Waals surface area contributed by atoms with E-state index in [0.29, 0.717) is 13.2 Å². The van der Waals surface area contributed by atoms with E-state index in [1.54, 1.807) is 0 Å². The predicted molar refractivity (Wildman–Crippen MR) is 37.7 cm³/mol. The fraction of sp³-hybridized carbons (Fsp3) is 0.333. The second kappa shape index (κ2) is 4.89. The van der Waals surface area contributed by atoms with E-state index in [0.717, 1.165) is 4.48 Å². The second-order valence-electron chi connectivity index (χ2n) is 1.21. The van der Waals surface area contributed by atoms with E-state index in [1.807, 2.05) is 0 Å². The molecule has 0 amide bonds. The first-order valence-electron chi connectivity index (χ1n) is 2.12. The minimum atomic E-state index is 0.352. The van der Waals surface area contributed by atoms with Crippen LogP contribution in [-0.2, 0) is 4.74 Å². The lowest BCUT2D eigenvalue weighted by Gasteiger charge is -1.93. The first-order chi connectivity index (χ1) is 3.77. The molecule has 0 bridgehead atoms. The lowest BCUT2D eigenvalue weighted by molar-refractivity contribution is 0.198. The van der Waals surface area contributed by atoms with Gasteiger partial charge in [-0.05, 0) is 0 Å². The average Bonchev–Trinajstić information content (AvgIpc) is 1.66. The molecule has 0 aromatic heterocycles. The highest BCUT2D eigenvalue weighted by atomic mass is 79.9. The van der Waals surface area contributed by atoms with Gasteiger partial charge in [-0.15, -0.1) is 6.42 Å². The van der Waals surface area contributed by atoms with Crippen LogP contribution in [0.15, 0.2) is 11.1 Å². The quantitative estimate of drug-likeness (QED) is 0.467. The smallest absolute Gasteiger partial charge is 0.107 e. The van der Waals surface area contributed by atoms with E-state index >= 15 is 0 Å². The molecule has 1 nitrogen and oxygen atoms in total. The molecule has 0 rings (SSSR count). The van der Waals surface area contributed by atoms with E-state index in [2.05, 4.69) is 28.4 Å². The highest BCUT2D eigenvalue weighted by Gasteiger charge is 1.83. The molecule has 0 heterocycles. The molecule has 0 aromatic rings. The normalized spacial score (nSPS) is 8.00. The molecule has 8 heavy (non-hydrogen) atoms. The van der Waals surface area contributed by atoms with Crippen molar-refractivity contribution in [2.75, 3.05) is 13.2 Å². The lowest BCUT2D eigenvalue weighted by atomic mass is 10.7. The molecular weight excluding hydrogens is 168 g/mol. The Balaban J connectivity index is 2.97. The molecule has 0 aliphatic rings. The molecule has 0 saturated carbocycles. The first-order valence-corrected chi connectivity index (χ1v) is 2.91. The van der Waals surface area contributed by atoms with Gasteiger partial charge in [0.25, 0.3) is 0 Å². The van der Waals surface area contributed by atoms with E-state index < -0.39 is 0 Å². The van der Waals surface area contributed by atoms with Gasteiger partial charge in [-0.25, -0.2) is 0 Å². The van der Waals surface area contributed by atoms with Crippen molar-refractivity contribution >= 4 is 15.9 Å². The van der Waals surface area contributed by atoms with Crippen LogP contribution in [0.4, 0.5) is 0 Å². The Morgan fingerprint density at radius 2 is 2.50 bits per heavy atom. The standard InChI is InChI=1S/C6H7BrO/c1-3-4-8-5-6(2)7/h1H,2,4-5H2. The zero-order chi connectivity index (χ0) is 6.41. The molecule has 0 fully saturated rings. The van der Waals surface area contributed by atoms with E-state index in [9.17, 15) is 0 Å². The van der Waals surface area contributed by atoms with Crippen molar-refractivity contribution in [2.24, 2.45) is 0 Å². The Labute approximate surface area is 57.9 Å². The minimum Gasteiger partial charge on any atom is -0.364 e. The summed E-state index contributed by atoms with van der Waals surface area (Å²) in [6.07, 6.45) is 4.89. The van der Waals surface area contributed by atoms with E-state index in [-0.39, 0.29) is 0 Å². The van der Waals surface area contributed by atoms with Crippen LogP contribution in [0.3, 0.4) is 0 Å². The number of halogens is 1. The minimum absolute atomic E-state index is 0.352. The maximum absolute atomic E-state index is 4.89. The third-order valence-corrected chi connectivity index (χ3v) is 0.673. The van der Waals surface area contributed by atoms with Gasteiger partial charge in [0, 0.05) is 4.48 Å². The van der Waals surface area contributed by atoms with Gasteiger partial charge in [0.05, 0.1) is 6.61 Å². The van der Waals surface area contributed by atoms with Crippen LogP contribution in [0.2, 0.25) is 0 Å². The maximum Gasteiger partial charge on any atom is 0.107 e. The van der Waals surface area contributed by atoms with Gasteiger partial charge in [0.1, 0.15) is 6.61 Å². The summed E-state index contributed by atoms with van der Waals surface area (Å²) in [5.74, 6) is 2.34. The van der Waals surface area contributed by atoms with Crippen LogP contribution in [-0.4, -0.2) is 13.2 Å². The number of rotatable bonds is 3. The monoisotopic (exact) mass is 174 g/mol. The van der Waals surface area contributed by atoms with Gasteiger partial charge in [-0.3, -0.25) is 0 Å². The fourth-order valence-electron chi connectivity index (χ4n) is 0.221. The van der Waals surface area contributed by atoms with Gasteiger partial charge >= 0.3 is 0 Å². The number of ether oxygens (including phenoxy) is 1. The molecule has 0 unspecified atom stereocenters. The van der Waals surface area contributed by atoms with Gasteiger partial charge in [0.15, 0.2) is 0 Å². The Hall–Kier alpha value is -0.260. The predicted octanol–water partition coefficient (Wildman–Crippen LogP) is 1.54. The summed E-state index contributed by atoms with van der Waals surface area (Å²) in [7, 11) is 0. The maximum atomic E-state index is 4.89. The van der Waals surface area contributed by atoms with Gasteiger partial charge < -0.3 is 4.74 Å². The highest BCUT2D eigenvalue weighted by molar-refractivity contribution is 9.11. The van der Waals surface area contributed by atoms with Crippen LogP contribution in [0.25, 0.3) is 0 Å². The molecule has 0 spiro atoms. The van der Waals surface area contributed by atoms with Crippen molar-refractivity contribution in [3.8, 4) is 12.3 Å². The van der Waals surface area contributed by atoms with Crippen molar-refractivity contribution in [2.45, 2.75) is 0 Å². The third-order valence-electron chi connectivity index (χ3n) is 0.444. The Kier molecular flexibility index (Phi) is 4.73. The van der Waals surface area contributed by atoms with Crippen LogP contribution < -0.4 is 0 Å². The summed E-state index contributed by atoms with van der Waals surface area (Å²) in [6.45, 7) is 4.39. The Morgan fingerprint density at radius 1 is 1.88 bits per heavy atom. The van der Waals surface area contributed by atoms with Gasteiger partial charge in [-0.1, -0.05) is 28.4 Å². The molecular formula is C6H7BrO. The number of hydrogen-bond acceptors (Lipinski definition) is 1. The zero-order valence-electron chi connectivity index (χ0n) is 4.48. The molecule has 0 aliphatic heterocycles. The summed E-state index contributed by atoms with van der Waals surface area (Å²) in [4.78, 5) is 0. The van der Waals surface area contributed by atoms with E-state index in [4.69, 9.17) is 11.2 Å². The van der Waals surface area contributed by atoms with Gasteiger partial charge in [-0.2, -0.15) is 0 Å². The molecule has 0 atom stereocenters. The van der Waals surface area contributed by atoms with Crippen molar-refractivity contribution in [3.05, 3.63) is 11.1 Å². The summed E-state index contributed by atoms with van der Waals surface area (Å²) < 4.78 is 5.67. The highest BCUT2D eigenvalue weighted by Crippen LogP contribution is 1.98. The van der Waals surface area contributed by atoms with Crippen molar-refractivity contribution in [1.82, 2.24) is 0 Å². The summed E-state index contributed by atoms with van der Waals surface area (Å²) >= 11 is 3.12. The topological polar surface area (TPSA) is 9.23 Å². The molecule has 2 heteroatoms. The van der Waals surface area contributed by atoms with Crippen molar-refractivity contribution in [1.29, 1.82) is 0 Å². The molecule has 44 valence electrons. The molecule has 0 radical (unpaired) electrons. The van der Waals surface area contributed by atoms with Crippen molar-refractivity contribution < 1.29 is 4.74 Å². The van der Waals surface area contributed by atoms with Crippen LogP contribution >= 0.6 is 15.9 Å². The molecule has 0 aliphatic carbocycles. The van der Waals surface area contributed by atoms with Gasteiger partial charge in [0.2, 0.25) is 0 Å². The third kappa shape index (κ3) is 5.74. The molecule has 0 aromatic carbocycles. The lowest BCUT2D eigenvalue weighted by Crippen LogP contribution is -1.92. The van der Waals surface area contributed by atoms with Crippen LogP contribution in [0, 0.1) is 12.3 Å². The first kappa shape index (κ1) is 7.74. The average molecular weight is 175 g/mol. The molecule has 0 saturated heterocycles. The van der Waals surface area contributed by atoms with Crippen LogP contribution in [0.1, 0.15) is 0 Å². The van der Waals surface area contributed by atoms with Crippen molar-refractivity contribution in [3.63, 3.8) is 0 Å². The zero-order valence-corrected chi connectivity index (χ0v) is 6.07. The SMILES string of the molecule is C#CCOCC(=C)Br. The summed E-state index contributed by atoms with van der Waals surface area (Å²) in [6, 6.07) is 0. The van der Waals surface area contributed by atoms with E-state index in [1.165, 1.54) is 0 Å². The number of hydrogen-bond donors (Lipinski definition) is 0. The fourth-order valence-corrected chi connectivity index (χ4v) is 0.383. The summed E-state index contributed by atoms with van der Waals surface area (Å²) in [5.41, 5.74) is 0. The largest absolute Gasteiger partial charge is 0.364 e. The number of terminal acetylenes is 1. The second-order valence-corrected chi connectivity index (χ2v) is 2.34. The molecule has 0 N–H and O–H groups in total. The summed E-state index contributed by atoms with van der Waals surface area (Å²) in [5, 5.41) is 0.